The maximum absolute atomic E-state index is 3.81. The van der Waals surface area contributed by atoms with E-state index in [-0.39, 0.29) is 5.41 Å². The number of rotatable bonds is 3. The third-order valence-corrected chi connectivity index (χ3v) is 6.19. The summed E-state index contributed by atoms with van der Waals surface area (Å²) in [6, 6.07) is 18.0. The molecule has 0 N–H and O–H groups in total. The Kier molecular flexibility index (Phi) is 4.51. The van der Waals surface area contributed by atoms with Crippen molar-refractivity contribution in [1.82, 2.24) is 0 Å². The Bertz CT molecular complexity index is 591. The number of alkyl halides is 1. The van der Waals surface area contributed by atoms with Gasteiger partial charge < -0.3 is 0 Å². The zero-order valence-corrected chi connectivity index (χ0v) is 15.2. The zero-order valence-electron chi connectivity index (χ0n) is 11.4. The molecule has 20 heavy (non-hydrogen) atoms. The van der Waals surface area contributed by atoms with Gasteiger partial charge in [-0.05, 0) is 77.1 Å². The number of halogens is 2. The molecule has 1 aliphatic rings. The van der Waals surface area contributed by atoms with Crippen LogP contribution in [0, 0.1) is 3.57 Å². The van der Waals surface area contributed by atoms with Gasteiger partial charge in [0.05, 0.1) is 0 Å². The molecule has 0 nitrogen and oxygen atoms in total. The Labute approximate surface area is 143 Å². The Morgan fingerprint density at radius 2 is 1.80 bits per heavy atom. The molecule has 1 atom stereocenters. The Hall–Kier alpha value is -0.350. The van der Waals surface area contributed by atoms with Crippen molar-refractivity contribution in [3.8, 4) is 0 Å². The molecule has 104 valence electrons. The van der Waals surface area contributed by atoms with Crippen molar-refractivity contribution in [1.29, 1.82) is 0 Å². The highest BCUT2D eigenvalue weighted by Crippen LogP contribution is 2.41. The first-order valence-corrected chi connectivity index (χ1v) is 9.32. The van der Waals surface area contributed by atoms with Gasteiger partial charge in [-0.25, -0.2) is 0 Å². The highest BCUT2D eigenvalue weighted by molar-refractivity contribution is 14.1. The molecule has 0 saturated carbocycles. The summed E-state index contributed by atoms with van der Waals surface area (Å²) in [5.74, 6) is 0. The Balaban J connectivity index is 1.98. The van der Waals surface area contributed by atoms with Crippen molar-refractivity contribution in [3.63, 3.8) is 0 Å². The van der Waals surface area contributed by atoms with Gasteiger partial charge in [0.2, 0.25) is 0 Å². The third kappa shape index (κ3) is 2.82. The van der Waals surface area contributed by atoms with Crippen LogP contribution in [0.25, 0.3) is 0 Å². The van der Waals surface area contributed by atoms with E-state index < -0.39 is 0 Å². The average molecular weight is 441 g/mol. The van der Waals surface area contributed by atoms with E-state index in [1.807, 2.05) is 0 Å². The van der Waals surface area contributed by atoms with E-state index in [0.29, 0.717) is 0 Å². The number of benzene rings is 2. The van der Waals surface area contributed by atoms with Crippen LogP contribution in [0.5, 0.6) is 0 Å². The van der Waals surface area contributed by atoms with Crippen molar-refractivity contribution in [2.75, 3.05) is 5.33 Å². The second kappa shape index (κ2) is 6.18. The summed E-state index contributed by atoms with van der Waals surface area (Å²) in [6.07, 6.45) is 4.94. The molecule has 1 unspecified atom stereocenters. The maximum atomic E-state index is 3.81. The lowest BCUT2D eigenvalue weighted by Crippen LogP contribution is -2.35. The summed E-state index contributed by atoms with van der Waals surface area (Å²) in [4.78, 5) is 0. The summed E-state index contributed by atoms with van der Waals surface area (Å²) >= 11 is 6.18. The second-order valence-electron chi connectivity index (χ2n) is 5.73. The van der Waals surface area contributed by atoms with Crippen LogP contribution >= 0.6 is 38.5 Å². The van der Waals surface area contributed by atoms with Gasteiger partial charge >= 0.3 is 0 Å². The smallest absolute Gasteiger partial charge is 0.0132 e. The van der Waals surface area contributed by atoms with Crippen LogP contribution in [0.15, 0.2) is 48.5 Å². The second-order valence-corrected chi connectivity index (χ2v) is 7.53. The van der Waals surface area contributed by atoms with E-state index in [9.17, 15) is 0 Å². The van der Waals surface area contributed by atoms with Crippen molar-refractivity contribution >= 4 is 38.5 Å². The zero-order chi connectivity index (χ0) is 14.0. The van der Waals surface area contributed by atoms with Crippen LogP contribution in [0.4, 0.5) is 0 Å². The third-order valence-electron chi connectivity index (χ3n) is 4.40. The number of fused-ring (bicyclic) bond motifs is 1. The highest BCUT2D eigenvalue weighted by atomic mass is 127. The summed E-state index contributed by atoms with van der Waals surface area (Å²) in [7, 11) is 0. The minimum Gasteiger partial charge on any atom is -0.0918 e. The first-order chi connectivity index (χ1) is 9.73. The van der Waals surface area contributed by atoms with Crippen LogP contribution in [0.3, 0.4) is 0 Å². The lowest BCUT2D eigenvalue weighted by atomic mass is 9.68. The minimum absolute atomic E-state index is 0.266. The van der Waals surface area contributed by atoms with Gasteiger partial charge in [0.25, 0.3) is 0 Å². The largest absolute Gasteiger partial charge is 0.0918 e. The maximum Gasteiger partial charge on any atom is 0.0132 e. The minimum atomic E-state index is 0.266. The summed E-state index contributed by atoms with van der Waals surface area (Å²) in [5.41, 5.74) is 4.81. The molecule has 1 aliphatic carbocycles. The standard InChI is InChI=1S/C18H18BrI/c19-13-18(12-14-7-9-16(20)10-8-14)11-3-5-15-4-1-2-6-17(15)18/h1-2,4,6-10H,3,5,11-13H2. The molecule has 2 aromatic rings. The molecule has 3 rings (SSSR count). The average Bonchev–Trinajstić information content (AvgIpc) is 2.50. The molecule has 0 radical (unpaired) electrons. The summed E-state index contributed by atoms with van der Waals surface area (Å²) in [6.45, 7) is 0. The van der Waals surface area contributed by atoms with Gasteiger partial charge in [0, 0.05) is 14.3 Å². The fourth-order valence-corrected chi connectivity index (χ4v) is 4.51. The number of hydrogen-bond donors (Lipinski definition) is 0. The lowest BCUT2D eigenvalue weighted by molar-refractivity contribution is 0.401. The normalized spacial score (nSPS) is 21.5. The molecule has 0 fully saturated rings. The van der Waals surface area contributed by atoms with Crippen LogP contribution in [-0.2, 0) is 18.3 Å². The first-order valence-electron chi connectivity index (χ1n) is 7.12. The summed E-state index contributed by atoms with van der Waals surface area (Å²) in [5, 5.41) is 1.04. The molecule has 2 heteroatoms. The topological polar surface area (TPSA) is 0 Å². The molecule has 0 saturated heterocycles. The van der Waals surface area contributed by atoms with Gasteiger partial charge in [-0.15, -0.1) is 0 Å². The van der Waals surface area contributed by atoms with Gasteiger partial charge in [-0.3, -0.25) is 0 Å². The van der Waals surface area contributed by atoms with Gasteiger partial charge in [0.1, 0.15) is 0 Å². The van der Waals surface area contributed by atoms with Crippen LogP contribution in [0.1, 0.15) is 29.5 Å². The van der Waals surface area contributed by atoms with E-state index >= 15 is 0 Å². The van der Waals surface area contributed by atoms with Crippen molar-refractivity contribution in [2.45, 2.75) is 31.1 Å². The molecule has 2 aromatic carbocycles. The summed E-state index contributed by atoms with van der Waals surface area (Å²) < 4.78 is 1.31. The quantitative estimate of drug-likeness (QED) is 0.436. The molecule has 0 amide bonds. The molecule has 0 aromatic heterocycles. The molecular formula is C18H18BrI. The Morgan fingerprint density at radius 3 is 2.55 bits per heavy atom. The number of hydrogen-bond acceptors (Lipinski definition) is 0. The van der Waals surface area contributed by atoms with Crippen molar-refractivity contribution in [3.05, 3.63) is 68.8 Å². The predicted molar refractivity (Wildman–Crippen MR) is 97.7 cm³/mol. The van der Waals surface area contributed by atoms with Crippen molar-refractivity contribution in [2.24, 2.45) is 0 Å². The molecule has 0 spiro atoms. The van der Waals surface area contributed by atoms with Gasteiger partial charge in [-0.2, -0.15) is 0 Å². The molecule has 0 heterocycles. The Morgan fingerprint density at radius 1 is 1.05 bits per heavy atom. The SMILES string of the molecule is BrCC1(Cc2ccc(I)cc2)CCCc2ccccc21. The van der Waals surface area contributed by atoms with E-state index in [2.05, 4.69) is 87.1 Å². The fraction of sp³-hybridized carbons (Fsp3) is 0.333. The highest BCUT2D eigenvalue weighted by Gasteiger charge is 2.35. The van der Waals surface area contributed by atoms with Gasteiger partial charge in [-0.1, -0.05) is 52.3 Å². The first kappa shape index (κ1) is 14.6. The van der Waals surface area contributed by atoms with E-state index in [1.165, 1.54) is 28.4 Å². The fourth-order valence-electron chi connectivity index (χ4n) is 3.37. The van der Waals surface area contributed by atoms with E-state index in [1.54, 1.807) is 11.1 Å². The van der Waals surface area contributed by atoms with Crippen LogP contribution < -0.4 is 0 Å². The van der Waals surface area contributed by atoms with Gasteiger partial charge in [0.15, 0.2) is 0 Å². The molecular weight excluding hydrogens is 423 g/mol. The monoisotopic (exact) mass is 440 g/mol. The van der Waals surface area contributed by atoms with Crippen LogP contribution in [-0.4, -0.2) is 5.33 Å². The van der Waals surface area contributed by atoms with E-state index in [4.69, 9.17) is 0 Å². The molecule has 0 bridgehead atoms. The van der Waals surface area contributed by atoms with E-state index in [0.717, 1.165) is 11.8 Å². The van der Waals surface area contributed by atoms with Crippen molar-refractivity contribution < 1.29 is 0 Å². The predicted octanol–water partition coefficient (Wildman–Crippen LogP) is 5.50. The molecule has 0 aliphatic heterocycles. The lowest BCUT2D eigenvalue weighted by Gasteiger charge is -2.38. The van der Waals surface area contributed by atoms with Crippen LogP contribution in [0.2, 0.25) is 0 Å². The number of aryl methyl sites for hydroxylation is 1.